The van der Waals surface area contributed by atoms with Crippen molar-refractivity contribution in [3.8, 4) is 0 Å². The van der Waals surface area contributed by atoms with Crippen LogP contribution in [0.5, 0.6) is 0 Å². The highest BCUT2D eigenvalue weighted by atomic mass is 19.4. The largest absolute Gasteiger partial charge is 0.416 e. The van der Waals surface area contributed by atoms with E-state index in [1.807, 2.05) is 0 Å². The molecule has 2 rings (SSSR count). The van der Waals surface area contributed by atoms with E-state index in [1.165, 1.54) is 24.3 Å². The molecule has 126 valence electrons. The monoisotopic (exact) mass is 337 g/mol. The normalized spacial score (nSPS) is 11.2. The first-order valence-corrected chi connectivity index (χ1v) is 7.18. The summed E-state index contributed by atoms with van der Waals surface area (Å²) < 4.78 is 51.6. The zero-order valence-corrected chi connectivity index (χ0v) is 12.7. The second kappa shape index (κ2) is 7.29. The lowest BCUT2D eigenvalue weighted by atomic mass is 10.1. The van der Waals surface area contributed by atoms with Crippen LogP contribution in [0.3, 0.4) is 0 Å². The van der Waals surface area contributed by atoms with Crippen LogP contribution >= 0.6 is 0 Å². The third-order valence-corrected chi connectivity index (χ3v) is 3.46. The molecule has 6 heteroatoms. The summed E-state index contributed by atoms with van der Waals surface area (Å²) in [7, 11) is 0. The average molecular weight is 337 g/mol. The number of aryl methyl sites for hydroxylation is 1. The summed E-state index contributed by atoms with van der Waals surface area (Å²) in [5.74, 6) is -0.414. The quantitative estimate of drug-likeness (QED) is 0.427. The molecular weight excluding hydrogens is 322 g/mol. The fraction of sp³-hybridized carbons (Fsp3) is 0.167. The second-order valence-electron chi connectivity index (χ2n) is 5.17. The minimum absolute atomic E-state index is 0.121. The molecule has 0 saturated heterocycles. The first-order valence-electron chi connectivity index (χ1n) is 7.18. The fourth-order valence-electron chi connectivity index (χ4n) is 2.24. The van der Waals surface area contributed by atoms with Crippen LogP contribution in [0.4, 0.5) is 28.9 Å². The number of anilines is 2. The molecule has 2 aromatic carbocycles. The van der Waals surface area contributed by atoms with Gasteiger partial charge in [0.2, 0.25) is 0 Å². The van der Waals surface area contributed by atoms with Gasteiger partial charge < -0.3 is 5.32 Å². The maximum atomic E-state index is 13.4. The van der Waals surface area contributed by atoms with Gasteiger partial charge in [-0.15, -0.1) is 6.58 Å². The Morgan fingerprint density at radius 3 is 2.42 bits per heavy atom. The third-order valence-electron chi connectivity index (χ3n) is 3.46. The lowest BCUT2D eigenvalue weighted by Gasteiger charge is -2.15. The van der Waals surface area contributed by atoms with E-state index in [2.05, 4.69) is 11.9 Å². The van der Waals surface area contributed by atoms with Crippen molar-refractivity contribution in [2.45, 2.75) is 19.0 Å². The van der Waals surface area contributed by atoms with E-state index in [4.69, 9.17) is 0 Å². The van der Waals surface area contributed by atoms with Crippen molar-refractivity contribution in [1.29, 1.82) is 0 Å². The number of aldehydes is 1. The lowest BCUT2D eigenvalue weighted by Crippen LogP contribution is -2.07. The Bertz CT molecular complexity index is 753. The molecule has 24 heavy (non-hydrogen) atoms. The van der Waals surface area contributed by atoms with E-state index in [9.17, 15) is 22.4 Å². The Kier molecular flexibility index (Phi) is 5.39. The number of hydrogen-bond donors (Lipinski definition) is 1. The van der Waals surface area contributed by atoms with Crippen LogP contribution in [0.25, 0.3) is 0 Å². The van der Waals surface area contributed by atoms with E-state index in [0.29, 0.717) is 30.4 Å². The average Bonchev–Trinajstić information content (AvgIpc) is 2.54. The Morgan fingerprint density at radius 2 is 1.79 bits per heavy atom. The number of alkyl halides is 3. The van der Waals surface area contributed by atoms with E-state index < -0.39 is 17.6 Å². The third kappa shape index (κ3) is 4.22. The number of allylic oxidation sites excluding steroid dienone is 1. The van der Waals surface area contributed by atoms with Crippen LogP contribution in [0.1, 0.15) is 27.9 Å². The van der Waals surface area contributed by atoms with Gasteiger partial charge in [0, 0.05) is 16.9 Å². The second-order valence-corrected chi connectivity index (χ2v) is 5.17. The summed E-state index contributed by atoms with van der Waals surface area (Å²) in [4.78, 5) is 11.1. The Morgan fingerprint density at radius 1 is 1.08 bits per heavy atom. The maximum Gasteiger partial charge on any atom is 0.416 e. The smallest absolute Gasteiger partial charge is 0.355 e. The van der Waals surface area contributed by atoms with Gasteiger partial charge in [-0.05, 0) is 54.8 Å². The van der Waals surface area contributed by atoms with Gasteiger partial charge in [-0.25, -0.2) is 4.39 Å². The molecule has 0 aliphatic carbocycles. The molecule has 0 heterocycles. The molecule has 0 aliphatic heterocycles. The maximum absolute atomic E-state index is 13.4. The fourth-order valence-corrected chi connectivity index (χ4v) is 2.24. The molecule has 0 spiro atoms. The minimum atomic E-state index is -4.53. The zero-order valence-electron chi connectivity index (χ0n) is 12.7. The van der Waals surface area contributed by atoms with Crippen molar-refractivity contribution in [2.24, 2.45) is 0 Å². The zero-order chi connectivity index (χ0) is 17.7. The molecule has 0 saturated carbocycles. The van der Waals surface area contributed by atoms with E-state index >= 15 is 0 Å². The molecule has 2 aromatic rings. The van der Waals surface area contributed by atoms with Crippen LogP contribution in [0, 0.1) is 5.82 Å². The molecule has 0 aromatic heterocycles. The summed E-state index contributed by atoms with van der Waals surface area (Å²) in [6.45, 7) is 3.60. The molecular formula is C18H15F4NO. The lowest BCUT2D eigenvalue weighted by molar-refractivity contribution is -0.137. The molecule has 0 amide bonds. The van der Waals surface area contributed by atoms with Crippen LogP contribution < -0.4 is 5.32 Å². The number of benzene rings is 2. The molecule has 0 unspecified atom stereocenters. The number of hydrogen-bond acceptors (Lipinski definition) is 2. The Hall–Kier alpha value is -2.63. The number of carbonyl (C=O) groups excluding carboxylic acids is 1. The van der Waals surface area contributed by atoms with E-state index in [-0.39, 0.29) is 11.3 Å². The summed E-state index contributed by atoms with van der Waals surface area (Å²) in [5, 5.41) is 2.91. The standard InChI is InChI=1S/C18H15F4NO/c1-2-3-4-12-10-15(19)6-8-16(12)23-17-7-5-14(18(20,21)22)9-13(17)11-24/h2,5-11,23H,1,3-4H2. The molecule has 2 nitrogen and oxygen atoms in total. The van der Waals surface area contributed by atoms with Crippen molar-refractivity contribution in [2.75, 3.05) is 5.32 Å². The minimum Gasteiger partial charge on any atom is -0.355 e. The van der Waals surface area contributed by atoms with Gasteiger partial charge >= 0.3 is 6.18 Å². The number of nitrogens with one attached hydrogen (secondary N) is 1. The number of rotatable bonds is 6. The molecule has 0 atom stereocenters. The molecule has 0 fully saturated rings. The van der Waals surface area contributed by atoms with E-state index in [0.717, 1.165) is 12.1 Å². The highest BCUT2D eigenvalue weighted by Crippen LogP contribution is 2.33. The van der Waals surface area contributed by atoms with Gasteiger partial charge in [0.15, 0.2) is 6.29 Å². The van der Waals surface area contributed by atoms with Crippen molar-refractivity contribution < 1.29 is 22.4 Å². The molecule has 1 N–H and O–H groups in total. The summed E-state index contributed by atoms with van der Waals surface area (Å²) in [5.41, 5.74) is 0.377. The first kappa shape index (κ1) is 17.7. The van der Waals surface area contributed by atoms with Gasteiger partial charge in [0.25, 0.3) is 0 Å². The van der Waals surface area contributed by atoms with E-state index in [1.54, 1.807) is 6.08 Å². The summed E-state index contributed by atoms with van der Waals surface area (Å²) in [6, 6.07) is 6.93. The van der Waals surface area contributed by atoms with Gasteiger partial charge in [-0.3, -0.25) is 4.79 Å². The van der Waals surface area contributed by atoms with Gasteiger partial charge in [-0.2, -0.15) is 13.2 Å². The van der Waals surface area contributed by atoms with Crippen molar-refractivity contribution in [1.82, 2.24) is 0 Å². The number of halogens is 4. The topological polar surface area (TPSA) is 29.1 Å². The Balaban J connectivity index is 2.37. The summed E-state index contributed by atoms with van der Waals surface area (Å²) in [6.07, 6.45) is -1.36. The van der Waals surface area contributed by atoms with Crippen molar-refractivity contribution in [3.05, 3.63) is 71.6 Å². The highest BCUT2D eigenvalue weighted by Gasteiger charge is 2.31. The van der Waals surface area contributed by atoms with Crippen LogP contribution in [0.15, 0.2) is 49.1 Å². The highest BCUT2D eigenvalue weighted by molar-refractivity contribution is 5.86. The van der Waals surface area contributed by atoms with Crippen LogP contribution in [-0.2, 0) is 12.6 Å². The van der Waals surface area contributed by atoms with Crippen molar-refractivity contribution >= 4 is 17.7 Å². The van der Waals surface area contributed by atoms with Gasteiger partial charge in [0.05, 0.1) is 5.56 Å². The predicted octanol–water partition coefficient (Wildman–Crippen LogP) is 5.52. The van der Waals surface area contributed by atoms with Crippen molar-refractivity contribution in [3.63, 3.8) is 0 Å². The number of carbonyl (C=O) groups is 1. The Labute approximate surface area is 136 Å². The first-order chi connectivity index (χ1) is 11.3. The van der Waals surface area contributed by atoms with Gasteiger partial charge in [-0.1, -0.05) is 6.08 Å². The molecule has 0 bridgehead atoms. The predicted molar refractivity (Wildman–Crippen MR) is 85.0 cm³/mol. The molecule has 0 aliphatic rings. The summed E-state index contributed by atoms with van der Waals surface area (Å²) >= 11 is 0. The SMILES string of the molecule is C=CCCc1cc(F)ccc1Nc1ccc(C(F)(F)F)cc1C=O. The van der Waals surface area contributed by atoms with Crippen LogP contribution in [0.2, 0.25) is 0 Å². The van der Waals surface area contributed by atoms with Gasteiger partial charge in [0.1, 0.15) is 5.82 Å². The van der Waals surface area contributed by atoms with Crippen LogP contribution in [-0.4, -0.2) is 6.29 Å². The molecule has 0 radical (unpaired) electrons.